The van der Waals surface area contributed by atoms with E-state index in [0.29, 0.717) is 6.04 Å². The van der Waals surface area contributed by atoms with Crippen LogP contribution in [0.2, 0.25) is 0 Å². The Labute approximate surface area is 91.4 Å². The molecule has 1 atom stereocenters. The minimum Gasteiger partial charge on any atom is -0.383 e. The van der Waals surface area contributed by atoms with Crippen molar-refractivity contribution in [2.75, 3.05) is 20.8 Å². The van der Waals surface area contributed by atoms with Gasteiger partial charge in [-0.15, -0.1) is 0 Å². The van der Waals surface area contributed by atoms with Gasteiger partial charge in [-0.1, -0.05) is 47.5 Å². The topological polar surface area (TPSA) is 21.3 Å². The maximum absolute atomic E-state index is 5.03. The lowest BCUT2D eigenvalue weighted by atomic mass is 10.1. The lowest BCUT2D eigenvalue weighted by molar-refractivity contribution is 0.165. The van der Waals surface area contributed by atoms with Crippen molar-refractivity contribution in [1.82, 2.24) is 5.32 Å². The fourth-order valence-electron chi connectivity index (χ4n) is 0.963. The molecule has 0 aliphatic carbocycles. The fraction of sp³-hybridized carbons (Fsp3) is 1.00. The SMILES string of the molecule is CC.CC.CCCC[C@@H](COC)NC. The largest absolute Gasteiger partial charge is 0.383 e. The Kier molecular flexibility index (Phi) is 32.1. The summed E-state index contributed by atoms with van der Waals surface area (Å²) in [6.07, 6.45) is 3.78. The lowest BCUT2D eigenvalue weighted by Gasteiger charge is -2.13. The molecule has 0 rings (SSSR count). The molecule has 0 radical (unpaired) electrons. The summed E-state index contributed by atoms with van der Waals surface area (Å²) in [5, 5.41) is 3.21. The molecule has 0 aromatic rings. The number of ether oxygens (including phenoxy) is 1. The van der Waals surface area contributed by atoms with Gasteiger partial charge in [0.05, 0.1) is 6.61 Å². The summed E-state index contributed by atoms with van der Waals surface area (Å²) in [5.74, 6) is 0. The average molecular weight is 205 g/mol. The second-order valence-electron chi connectivity index (χ2n) is 2.58. The molecule has 2 nitrogen and oxygen atoms in total. The Morgan fingerprint density at radius 2 is 1.64 bits per heavy atom. The van der Waals surface area contributed by atoms with Gasteiger partial charge in [0.25, 0.3) is 0 Å². The van der Waals surface area contributed by atoms with E-state index in [2.05, 4.69) is 12.2 Å². The highest BCUT2D eigenvalue weighted by atomic mass is 16.5. The monoisotopic (exact) mass is 205 g/mol. The van der Waals surface area contributed by atoms with Crippen molar-refractivity contribution in [3.8, 4) is 0 Å². The van der Waals surface area contributed by atoms with Gasteiger partial charge in [-0.3, -0.25) is 0 Å². The first-order valence-electron chi connectivity index (χ1n) is 6.01. The molecule has 0 unspecified atom stereocenters. The third-order valence-electron chi connectivity index (χ3n) is 1.68. The van der Waals surface area contributed by atoms with E-state index in [9.17, 15) is 0 Å². The van der Waals surface area contributed by atoms with Crippen molar-refractivity contribution >= 4 is 0 Å². The number of hydrogen-bond donors (Lipinski definition) is 1. The number of likely N-dealkylation sites (N-methyl/N-ethyl adjacent to an activating group) is 1. The fourth-order valence-corrected chi connectivity index (χ4v) is 0.963. The van der Waals surface area contributed by atoms with Crippen LogP contribution in [-0.4, -0.2) is 26.8 Å². The maximum Gasteiger partial charge on any atom is 0.0615 e. The molecule has 0 bridgehead atoms. The van der Waals surface area contributed by atoms with E-state index >= 15 is 0 Å². The van der Waals surface area contributed by atoms with Crippen molar-refractivity contribution in [1.29, 1.82) is 0 Å². The first-order chi connectivity index (χ1) is 6.85. The number of unbranched alkanes of at least 4 members (excludes halogenated alkanes) is 1. The van der Waals surface area contributed by atoms with Gasteiger partial charge >= 0.3 is 0 Å². The molecule has 0 spiro atoms. The third-order valence-corrected chi connectivity index (χ3v) is 1.68. The van der Waals surface area contributed by atoms with E-state index in [1.807, 2.05) is 34.7 Å². The summed E-state index contributed by atoms with van der Waals surface area (Å²) in [6, 6.07) is 0.546. The molecule has 0 saturated carbocycles. The van der Waals surface area contributed by atoms with Crippen LogP contribution in [0.25, 0.3) is 0 Å². The van der Waals surface area contributed by atoms with Gasteiger partial charge < -0.3 is 10.1 Å². The summed E-state index contributed by atoms with van der Waals surface area (Å²) in [4.78, 5) is 0. The van der Waals surface area contributed by atoms with E-state index in [1.165, 1.54) is 19.3 Å². The number of methoxy groups -OCH3 is 1. The number of rotatable bonds is 6. The molecule has 0 fully saturated rings. The molecule has 1 N–H and O–H groups in total. The summed E-state index contributed by atoms with van der Waals surface area (Å²) in [6.45, 7) is 11.0. The first-order valence-corrected chi connectivity index (χ1v) is 6.01. The van der Waals surface area contributed by atoms with Crippen LogP contribution >= 0.6 is 0 Å². The molecule has 0 aliphatic heterocycles. The van der Waals surface area contributed by atoms with Crippen LogP contribution in [0.15, 0.2) is 0 Å². The highest BCUT2D eigenvalue weighted by molar-refractivity contribution is 4.61. The molecule has 0 aromatic heterocycles. The van der Waals surface area contributed by atoms with Crippen LogP contribution < -0.4 is 5.32 Å². The molecule has 0 amide bonds. The van der Waals surface area contributed by atoms with Gasteiger partial charge in [-0.05, 0) is 13.5 Å². The number of hydrogen-bond acceptors (Lipinski definition) is 2. The van der Waals surface area contributed by atoms with Crippen LogP contribution in [-0.2, 0) is 4.74 Å². The minimum atomic E-state index is 0.546. The molecular weight excluding hydrogens is 174 g/mol. The zero-order chi connectivity index (χ0) is 11.8. The Morgan fingerprint density at radius 3 is 1.93 bits per heavy atom. The van der Waals surface area contributed by atoms with Gasteiger partial charge in [0.15, 0.2) is 0 Å². The Hall–Kier alpha value is -0.0800. The molecule has 0 aromatic carbocycles. The summed E-state index contributed by atoms with van der Waals surface area (Å²) >= 11 is 0. The zero-order valence-corrected chi connectivity index (χ0v) is 11.3. The normalized spacial score (nSPS) is 10.5. The smallest absolute Gasteiger partial charge is 0.0615 e. The molecule has 0 heterocycles. The molecule has 0 saturated heterocycles. The Morgan fingerprint density at radius 1 is 1.14 bits per heavy atom. The lowest BCUT2D eigenvalue weighted by Crippen LogP contribution is -2.29. The van der Waals surface area contributed by atoms with Gasteiger partial charge in [0, 0.05) is 13.2 Å². The Bertz CT molecular complexity index is 67.3. The van der Waals surface area contributed by atoms with Gasteiger partial charge in [-0.2, -0.15) is 0 Å². The summed E-state index contributed by atoms with van der Waals surface area (Å²) in [7, 11) is 3.73. The van der Waals surface area contributed by atoms with Gasteiger partial charge in [-0.25, -0.2) is 0 Å². The predicted molar refractivity (Wildman–Crippen MR) is 66.9 cm³/mol. The summed E-state index contributed by atoms with van der Waals surface area (Å²) in [5.41, 5.74) is 0. The van der Waals surface area contributed by atoms with Crippen LogP contribution in [0, 0.1) is 0 Å². The molecule has 2 heteroatoms. The van der Waals surface area contributed by atoms with E-state index in [0.717, 1.165) is 6.61 Å². The highest BCUT2D eigenvalue weighted by Gasteiger charge is 2.02. The predicted octanol–water partition coefficient (Wildman–Crippen LogP) is 3.46. The molecule has 0 aliphatic rings. The second-order valence-corrected chi connectivity index (χ2v) is 2.58. The quantitative estimate of drug-likeness (QED) is 0.717. The van der Waals surface area contributed by atoms with E-state index in [4.69, 9.17) is 4.74 Å². The van der Waals surface area contributed by atoms with Crippen LogP contribution in [0.1, 0.15) is 53.9 Å². The van der Waals surface area contributed by atoms with E-state index in [1.54, 1.807) is 7.11 Å². The van der Waals surface area contributed by atoms with Gasteiger partial charge in [0.2, 0.25) is 0 Å². The second kappa shape index (κ2) is 23.1. The van der Waals surface area contributed by atoms with Crippen molar-refractivity contribution in [3.63, 3.8) is 0 Å². The van der Waals surface area contributed by atoms with Crippen LogP contribution in [0.3, 0.4) is 0 Å². The first kappa shape index (κ1) is 19.5. The van der Waals surface area contributed by atoms with E-state index in [-0.39, 0.29) is 0 Å². The molecule has 90 valence electrons. The average Bonchev–Trinajstić information content (AvgIpc) is 2.29. The van der Waals surface area contributed by atoms with Crippen molar-refractivity contribution in [2.24, 2.45) is 0 Å². The zero-order valence-electron chi connectivity index (χ0n) is 11.3. The highest BCUT2D eigenvalue weighted by Crippen LogP contribution is 1.99. The van der Waals surface area contributed by atoms with Crippen molar-refractivity contribution < 1.29 is 4.74 Å². The van der Waals surface area contributed by atoms with Crippen LogP contribution in [0.5, 0.6) is 0 Å². The maximum atomic E-state index is 5.03. The Balaban J connectivity index is -0.000000266. The van der Waals surface area contributed by atoms with E-state index < -0.39 is 0 Å². The van der Waals surface area contributed by atoms with Gasteiger partial charge in [0.1, 0.15) is 0 Å². The number of nitrogens with one attached hydrogen (secondary N) is 1. The molecule has 14 heavy (non-hydrogen) atoms. The summed E-state index contributed by atoms with van der Waals surface area (Å²) < 4.78 is 5.03. The molecular formula is C12H31NO. The van der Waals surface area contributed by atoms with Crippen LogP contribution in [0.4, 0.5) is 0 Å². The standard InChI is InChI=1S/C8H19NO.2C2H6/c1-4-5-6-8(9-2)7-10-3;2*1-2/h8-9H,4-7H2,1-3H3;2*1-2H3/t8-;;/m0../s1. The van der Waals surface area contributed by atoms with Crippen molar-refractivity contribution in [2.45, 2.75) is 59.9 Å². The third kappa shape index (κ3) is 17.9. The minimum absolute atomic E-state index is 0.546. The van der Waals surface area contributed by atoms with Crippen molar-refractivity contribution in [3.05, 3.63) is 0 Å².